The number of carbonyl (C=O) groups excluding carboxylic acids is 11. The number of nitrogens with zero attached hydrogens (tertiary/aromatic N) is 7. The molecular weight excluding hydrogens is 1080 g/mol. The van der Waals surface area contributed by atoms with Gasteiger partial charge in [0.05, 0.1) is 12.6 Å². The van der Waals surface area contributed by atoms with E-state index < -0.39 is 150 Å². The summed E-state index contributed by atoms with van der Waals surface area (Å²) in [5, 5.41) is 22.9. The molecule has 1 aliphatic heterocycles. The van der Waals surface area contributed by atoms with Crippen LogP contribution in [0.1, 0.15) is 149 Å². The molecule has 0 bridgehead atoms. The molecule has 11 amide bonds. The number of aliphatic hydroxyl groups is 1. The van der Waals surface area contributed by atoms with Crippen molar-refractivity contribution >= 4 is 65.0 Å². The van der Waals surface area contributed by atoms with Crippen LogP contribution in [0.4, 0.5) is 0 Å². The number of carbonyl (C=O) groups is 11. The molecule has 0 aromatic rings. The van der Waals surface area contributed by atoms with E-state index in [1.54, 1.807) is 53.7 Å². The van der Waals surface area contributed by atoms with Gasteiger partial charge in [-0.1, -0.05) is 101 Å². The molecule has 0 spiro atoms. The highest BCUT2D eigenvalue weighted by Gasteiger charge is 2.45. The van der Waals surface area contributed by atoms with Gasteiger partial charge in [-0.2, -0.15) is 0 Å². The van der Waals surface area contributed by atoms with E-state index in [1.807, 2.05) is 41.5 Å². The second-order valence-corrected chi connectivity index (χ2v) is 24.8. The molecule has 0 radical (unpaired) electrons. The molecule has 0 aliphatic carbocycles. The van der Waals surface area contributed by atoms with Crippen molar-refractivity contribution in [1.29, 1.82) is 0 Å². The normalized spacial score (nSPS) is 26.9. The Morgan fingerprint density at radius 2 is 1.00 bits per heavy atom. The monoisotopic (exact) mass is 1190 g/mol. The van der Waals surface area contributed by atoms with E-state index in [0.717, 1.165) is 9.80 Å². The molecule has 84 heavy (non-hydrogen) atoms. The zero-order valence-electron chi connectivity index (χ0n) is 54.8. The Morgan fingerprint density at radius 1 is 0.548 bits per heavy atom. The molecule has 23 heteroatoms. The first-order valence-electron chi connectivity index (χ1n) is 29.9. The number of amides is 11. The molecule has 1 aliphatic rings. The SMILES string of the molecule is C=C(C)[C@@H]1NC(=O)[C@H](CCC)N(C)C(=O)CN(C)C(=O)[C@H](CC)NC(=O)[C@H]([C@H](O)[C@H](C)C/C=C/C)N(C)C(=O)[C@H](C(C)C)N(C)C(=O)[C@@H](CC(C)C)N(C)C(=O)[C@H](CC(C)C)N(C)C(=O)[C@@H](C)NC(=O)[C@H](C)NC(=O)[C@H](CC(C)C)N(C)C1=O. The first-order valence-corrected chi connectivity index (χ1v) is 29.9. The van der Waals surface area contributed by atoms with Gasteiger partial charge in [-0.05, 0) is 101 Å². The Hall–Kier alpha value is -6.39. The molecule has 0 saturated carbocycles. The lowest BCUT2D eigenvalue weighted by molar-refractivity contribution is -0.157. The van der Waals surface area contributed by atoms with E-state index in [4.69, 9.17) is 0 Å². The van der Waals surface area contributed by atoms with Crippen LogP contribution in [0.25, 0.3) is 0 Å². The van der Waals surface area contributed by atoms with E-state index in [2.05, 4.69) is 27.8 Å². The van der Waals surface area contributed by atoms with Gasteiger partial charge in [-0.15, -0.1) is 0 Å². The fourth-order valence-electron chi connectivity index (χ4n) is 10.4. The summed E-state index contributed by atoms with van der Waals surface area (Å²) in [4.78, 5) is 168. The van der Waals surface area contributed by atoms with Gasteiger partial charge in [-0.25, -0.2) is 0 Å². The molecule has 0 aromatic carbocycles. The Balaban J connectivity index is 4.29. The zero-order valence-corrected chi connectivity index (χ0v) is 54.8. The fraction of sp³-hybridized carbons (Fsp3) is 0.754. The first kappa shape index (κ1) is 75.6. The van der Waals surface area contributed by atoms with Crippen LogP contribution in [0.5, 0.6) is 0 Å². The molecule has 1 rings (SSSR count). The first-order chi connectivity index (χ1) is 38.9. The van der Waals surface area contributed by atoms with Crippen molar-refractivity contribution in [2.24, 2.45) is 29.6 Å². The number of rotatable bonds is 15. The number of likely N-dealkylation sites (N-methyl/N-ethyl adjacent to an activating group) is 7. The summed E-state index contributed by atoms with van der Waals surface area (Å²) in [6.45, 7) is 29.3. The molecule has 0 aromatic heterocycles. The topological polar surface area (TPSA) is 279 Å². The van der Waals surface area contributed by atoms with E-state index in [9.17, 15) is 48.3 Å². The van der Waals surface area contributed by atoms with Crippen molar-refractivity contribution in [3.63, 3.8) is 0 Å². The van der Waals surface area contributed by atoms with E-state index in [-0.39, 0.29) is 55.4 Å². The number of nitrogens with one attached hydrogen (secondary N) is 4. The summed E-state index contributed by atoms with van der Waals surface area (Å²) >= 11 is 0. The fourth-order valence-corrected chi connectivity index (χ4v) is 10.4. The van der Waals surface area contributed by atoms with Gasteiger partial charge in [0.15, 0.2) is 0 Å². The minimum Gasteiger partial charge on any atom is -0.390 e. The molecule has 12 atom stereocenters. The molecule has 1 fully saturated rings. The highest BCUT2D eigenvalue weighted by atomic mass is 16.3. The van der Waals surface area contributed by atoms with Gasteiger partial charge in [-0.3, -0.25) is 52.7 Å². The van der Waals surface area contributed by atoms with Crippen molar-refractivity contribution in [3.8, 4) is 0 Å². The number of hydrogen-bond acceptors (Lipinski definition) is 12. The maximum atomic E-state index is 15.1. The quantitative estimate of drug-likeness (QED) is 0.148. The predicted molar refractivity (Wildman–Crippen MR) is 324 cm³/mol. The zero-order chi connectivity index (χ0) is 65.1. The average molecular weight is 1190 g/mol. The van der Waals surface area contributed by atoms with Crippen molar-refractivity contribution in [2.75, 3.05) is 55.9 Å². The van der Waals surface area contributed by atoms with Crippen molar-refractivity contribution < 1.29 is 57.8 Å². The van der Waals surface area contributed by atoms with Crippen LogP contribution in [-0.2, 0) is 52.7 Å². The van der Waals surface area contributed by atoms with Gasteiger partial charge < -0.3 is 60.7 Å². The number of hydrogen-bond donors (Lipinski definition) is 5. The van der Waals surface area contributed by atoms with Crippen LogP contribution < -0.4 is 21.3 Å². The third kappa shape index (κ3) is 20.7. The van der Waals surface area contributed by atoms with Gasteiger partial charge in [0, 0.05) is 49.3 Å². The van der Waals surface area contributed by atoms with Crippen LogP contribution in [0.3, 0.4) is 0 Å². The minimum absolute atomic E-state index is 0.0171. The third-order valence-electron chi connectivity index (χ3n) is 15.7. The maximum Gasteiger partial charge on any atom is 0.249 e. The summed E-state index contributed by atoms with van der Waals surface area (Å²) < 4.78 is 0. The molecule has 1 saturated heterocycles. The smallest absolute Gasteiger partial charge is 0.249 e. The Labute approximate surface area is 501 Å². The van der Waals surface area contributed by atoms with Gasteiger partial charge in [0.1, 0.15) is 60.4 Å². The van der Waals surface area contributed by atoms with Crippen LogP contribution in [-0.4, -0.2) is 227 Å². The van der Waals surface area contributed by atoms with Crippen molar-refractivity contribution in [2.45, 2.75) is 215 Å². The summed E-state index contributed by atoms with van der Waals surface area (Å²) in [5.74, 6) is -9.34. The van der Waals surface area contributed by atoms with Crippen LogP contribution in [0.15, 0.2) is 24.3 Å². The lowest BCUT2D eigenvalue weighted by atomic mass is 9.91. The van der Waals surface area contributed by atoms with E-state index in [1.165, 1.54) is 94.6 Å². The molecule has 5 N–H and O–H groups in total. The van der Waals surface area contributed by atoms with Crippen molar-refractivity contribution in [1.82, 2.24) is 55.6 Å². The van der Waals surface area contributed by atoms with Gasteiger partial charge >= 0.3 is 0 Å². The Morgan fingerprint density at radius 3 is 1.46 bits per heavy atom. The summed E-state index contributed by atoms with van der Waals surface area (Å²) in [6.07, 6.45) is 3.39. The predicted octanol–water partition coefficient (Wildman–Crippen LogP) is 2.94. The lowest BCUT2D eigenvalue weighted by Gasteiger charge is -2.41. The molecule has 478 valence electrons. The summed E-state index contributed by atoms with van der Waals surface area (Å²) in [7, 11) is 9.81. The number of aliphatic hydroxyl groups excluding tert-OH is 1. The standard InChI is InChI=1S/C61H107N11O12/c1-24-27-29-39(14)51(74)50-55(78)64-42(26-3)57(80)66(17)33-47(73)67(18)43(28-25-2)53(76)65-48(37(10)11)60(83)68(19)44(30-34(4)5)54(77)62-40(15)52(75)63-41(16)56(79)69(20)45(31-35(6)7)58(81)70(21)46(32-36(8)9)59(82)71(22)49(38(12)13)61(84)72(50)23/h24,27,34-36,38-46,48-51,74H,10,25-26,28-33H2,1-9,11-23H3,(H,62,77)(H,63,75)(H,64,78)(H,65,76)/b27-24+/t39-,40+,41-,42+,43+,44+,45+,46-,48+,49+,50+,51-/m1/s1. The number of allylic oxidation sites excluding steroid dienone is 2. The van der Waals surface area contributed by atoms with E-state index in [0.29, 0.717) is 12.8 Å². The van der Waals surface area contributed by atoms with Crippen molar-refractivity contribution in [3.05, 3.63) is 24.3 Å². The van der Waals surface area contributed by atoms with Crippen LogP contribution >= 0.6 is 0 Å². The molecule has 1 heterocycles. The molecular formula is C61H107N11O12. The molecule has 0 unspecified atom stereocenters. The third-order valence-corrected chi connectivity index (χ3v) is 15.7. The molecule has 23 nitrogen and oxygen atoms in total. The largest absolute Gasteiger partial charge is 0.390 e. The average Bonchev–Trinajstić information content (AvgIpc) is 3.10. The highest BCUT2D eigenvalue weighted by Crippen LogP contribution is 2.25. The minimum atomic E-state index is -1.61. The second-order valence-electron chi connectivity index (χ2n) is 24.8. The summed E-state index contributed by atoms with van der Waals surface area (Å²) in [6, 6.07) is -12.6. The van der Waals surface area contributed by atoms with Gasteiger partial charge in [0.25, 0.3) is 0 Å². The second kappa shape index (κ2) is 34.5. The van der Waals surface area contributed by atoms with Crippen LogP contribution in [0, 0.1) is 29.6 Å². The maximum absolute atomic E-state index is 15.1. The van der Waals surface area contributed by atoms with Crippen LogP contribution in [0.2, 0.25) is 0 Å². The lowest BCUT2D eigenvalue weighted by Crippen LogP contribution is -2.63. The Bertz CT molecular complexity index is 2340. The summed E-state index contributed by atoms with van der Waals surface area (Å²) in [5.41, 5.74) is 0.215. The van der Waals surface area contributed by atoms with Gasteiger partial charge in [0.2, 0.25) is 65.0 Å². The van der Waals surface area contributed by atoms with E-state index >= 15 is 9.59 Å². The Kier molecular flexibility index (Phi) is 31.1. The highest BCUT2D eigenvalue weighted by molar-refractivity contribution is 6.00.